The predicted octanol–water partition coefficient (Wildman–Crippen LogP) is 3.64. The zero-order chi connectivity index (χ0) is 36.8. The second-order valence-electron chi connectivity index (χ2n) is 12.1. The fourth-order valence-corrected chi connectivity index (χ4v) is 5.37. The molecule has 12 heteroatoms. The molecule has 2 atom stereocenters. The minimum absolute atomic E-state index is 0.0219. The summed E-state index contributed by atoms with van der Waals surface area (Å²) in [6.45, 7) is 10.1. The summed E-state index contributed by atoms with van der Waals surface area (Å²) < 4.78 is 55.8. The highest BCUT2D eigenvalue weighted by Crippen LogP contribution is 2.27. The summed E-state index contributed by atoms with van der Waals surface area (Å²) in [5.74, 6) is 0.766. The van der Waals surface area contributed by atoms with Crippen molar-refractivity contribution in [1.82, 2.24) is 0 Å². The Balaban J connectivity index is 1.65. The van der Waals surface area contributed by atoms with E-state index in [9.17, 15) is 0 Å². The maximum atomic E-state index is 8.69. The van der Waals surface area contributed by atoms with Gasteiger partial charge in [-0.15, -0.1) is 0 Å². The first kappa shape index (κ1) is 46.1. The van der Waals surface area contributed by atoms with Gasteiger partial charge in [-0.3, -0.25) is 0 Å². The molecule has 52 heavy (non-hydrogen) atoms. The summed E-state index contributed by atoms with van der Waals surface area (Å²) in [6, 6.07) is 21.4. The van der Waals surface area contributed by atoms with E-state index in [-0.39, 0.29) is 13.2 Å². The van der Waals surface area contributed by atoms with Crippen molar-refractivity contribution in [2.24, 2.45) is 11.8 Å². The highest BCUT2D eigenvalue weighted by molar-refractivity contribution is 5.17. The summed E-state index contributed by atoms with van der Waals surface area (Å²) in [5, 5.41) is 17.4. The second-order valence-corrected chi connectivity index (χ2v) is 12.1. The van der Waals surface area contributed by atoms with Crippen LogP contribution in [0.15, 0.2) is 60.7 Å². The van der Waals surface area contributed by atoms with E-state index in [1.54, 1.807) is 0 Å². The molecule has 12 nitrogen and oxygen atoms in total. The molecule has 0 amide bonds. The Morgan fingerprint density at radius 2 is 0.654 bits per heavy atom. The van der Waals surface area contributed by atoms with Crippen LogP contribution >= 0.6 is 0 Å². The first-order valence-corrected chi connectivity index (χ1v) is 18.9. The molecule has 0 saturated carbocycles. The van der Waals surface area contributed by atoms with Crippen molar-refractivity contribution in [1.29, 1.82) is 0 Å². The van der Waals surface area contributed by atoms with E-state index in [1.165, 1.54) is 11.1 Å². The van der Waals surface area contributed by atoms with Crippen molar-refractivity contribution in [3.63, 3.8) is 0 Å². The summed E-state index contributed by atoms with van der Waals surface area (Å²) in [7, 11) is 0. The van der Waals surface area contributed by atoms with Gasteiger partial charge in [0.25, 0.3) is 0 Å². The van der Waals surface area contributed by atoms with Crippen molar-refractivity contribution in [2.45, 2.75) is 25.7 Å². The summed E-state index contributed by atoms with van der Waals surface area (Å²) >= 11 is 0. The molecule has 0 saturated heterocycles. The van der Waals surface area contributed by atoms with E-state index >= 15 is 0 Å². The van der Waals surface area contributed by atoms with Crippen LogP contribution in [0.4, 0.5) is 0 Å². The fraction of sp³-hybridized carbons (Fsp3) is 0.700. The van der Waals surface area contributed by atoms with Crippen LogP contribution in [0.3, 0.4) is 0 Å². The lowest BCUT2D eigenvalue weighted by molar-refractivity contribution is -0.0180. The number of aliphatic hydroxyl groups is 2. The minimum Gasteiger partial charge on any atom is -0.394 e. The Bertz CT molecular complexity index is 987. The van der Waals surface area contributed by atoms with E-state index in [2.05, 4.69) is 60.7 Å². The zero-order valence-electron chi connectivity index (χ0n) is 31.3. The molecule has 2 rings (SSSR count). The number of benzene rings is 2. The standard InChI is InChI=1S/C40H66O12/c41-13-16-44-19-22-47-25-28-49-27-24-46-21-18-43-15-7-12-39(34-37-8-3-1-4-9-37)40(35-38-10-5-2-6-11-38)36-52-33-32-51-31-30-50-29-26-48-23-20-45-17-14-42/h1-6,8-11,39-42H,7,12-36H2/t39-,40+/m1/s1. The quantitative estimate of drug-likeness (QED) is 0.0972. The molecule has 0 heterocycles. The fourth-order valence-electron chi connectivity index (χ4n) is 5.37. The van der Waals surface area contributed by atoms with Gasteiger partial charge >= 0.3 is 0 Å². The van der Waals surface area contributed by atoms with E-state index in [1.807, 2.05) is 0 Å². The molecule has 0 radical (unpaired) electrons. The first-order valence-electron chi connectivity index (χ1n) is 18.9. The first-order chi connectivity index (χ1) is 25.8. The third kappa shape index (κ3) is 27.5. The Hall–Kier alpha value is -2.04. The van der Waals surface area contributed by atoms with E-state index in [0.29, 0.717) is 144 Å². The van der Waals surface area contributed by atoms with Gasteiger partial charge in [0, 0.05) is 6.61 Å². The van der Waals surface area contributed by atoms with Gasteiger partial charge in [0.2, 0.25) is 0 Å². The van der Waals surface area contributed by atoms with Crippen molar-refractivity contribution >= 4 is 0 Å². The lowest BCUT2D eigenvalue weighted by atomic mass is 9.80. The summed E-state index contributed by atoms with van der Waals surface area (Å²) in [6.07, 6.45) is 3.93. The summed E-state index contributed by atoms with van der Waals surface area (Å²) in [5.41, 5.74) is 2.66. The molecule has 0 fully saturated rings. The Morgan fingerprint density at radius 3 is 1.02 bits per heavy atom. The van der Waals surface area contributed by atoms with Crippen LogP contribution in [0.5, 0.6) is 0 Å². The number of aliphatic hydroxyl groups excluding tert-OH is 2. The lowest BCUT2D eigenvalue weighted by Gasteiger charge is -2.28. The zero-order valence-corrected chi connectivity index (χ0v) is 31.3. The number of hydrogen-bond donors (Lipinski definition) is 2. The molecule has 2 N–H and O–H groups in total. The van der Waals surface area contributed by atoms with Crippen LogP contribution < -0.4 is 0 Å². The number of hydrogen-bond acceptors (Lipinski definition) is 12. The molecular formula is C40H66O12. The highest BCUT2D eigenvalue weighted by Gasteiger charge is 2.23. The molecule has 0 aliphatic heterocycles. The molecule has 0 bridgehead atoms. The van der Waals surface area contributed by atoms with Crippen molar-refractivity contribution in [2.75, 3.05) is 145 Å². The second kappa shape index (κ2) is 36.0. The Labute approximate surface area is 311 Å². The van der Waals surface area contributed by atoms with Gasteiger partial charge < -0.3 is 57.6 Å². The molecular weight excluding hydrogens is 672 g/mol. The molecule has 0 spiro atoms. The van der Waals surface area contributed by atoms with Crippen LogP contribution in [0.25, 0.3) is 0 Å². The van der Waals surface area contributed by atoms with Crippen molar-refractivity contribution < 1.29 is 57.6 Å². The van der Waals surface area contributed by atoms with Gasteiger partial charge in [-0.25, -0.2) is 0 Å². The van der Waals surface area contributed by atoms with E-state index < -0.39 is 0 Å². The number of rotatable bonds is 39. The topological polar surface area (TPSA) is 133 Å². The number of ether oxygens (including phenoxy) is 10. The molecule has 0 aliphatic rings. The maximum Gasteiger partial charge on any atom is 0.0701 e. The van der Waals surface area contributed by atoms with E-state index in [0.717, 1.165) is 25.7 Å². The monoisotopic (exact) mass is 738 g/mol. The SMILES string of the molecule is OCCOCCOCCOCCOCCOCCC[C@H](Cc1ccccc1)[C@H](COCCOCCOCCOCCOCCO)Cc1ccccc1. The van der Waals surface area contributed by atoms with Gasteiger partial charge in [0.15, 0.2) is 0 Å². The van der Waals surface area contributed by atoms with Crippen molar-refractivity contribution in [3.05, 3.63) is 71.8 Å². The smallest absolute Gasteiger partial charge is 0.0701 e. The normalized spacial score (nSPS) is 12.7. The van der Waals surface area contributed by atoms with Crippen LogP contribution in [-0.4, -0.2) is 156 Å². The third-order valence-electron chi connectivity index (χ3n) is 7.99. The Morgan fingerprint density at radius 1 is 0.346 bits per heavy atom. The van der Waals surface area contributed by atoms with Crippen LogP contribution in [0.1, 0.15) is 24.0 Å². The van der Waals surface area contributed by atoms with Gasteiger partial charge in [0.1, 0.15) is 0 Å². The molecule has 2 aromatic rings. The average Bonchev–Trinajstić information content (AvgIpc) is 3.17. The highest BCUT2D eigenvalue weighted by atomic mass is 16.6. The van der Waals surface area contributed by atoms with Crippen molar-refractivity contribution in [3.8, 4) is 0 Å². The predicted molar refractivity (Wildman–Crippen MR) is 199 cm³/mol. The van der Waals surface area contributed by atoms with Crippen LogP contribution in [0.2, 0.25) is 0 Å². The molecule has 2 aromatic carbocycles. The average molecular weight is 739 g/mol. The van der Waals surface area contributed by atoms with Crippen LogP contribution in [-0.2, 0) is 60.2 Å². The van der Waals surface area contributed by atoms with Gasteiger partial charge in [0.05, 0.1) is 139 Å². The van der Waals surface area contributed by atoms with Gasteiger partial charge in [-0.05, 0) is 48.6 Å². The third-order valence-corrected chi connectivity index (χ3v) is 7.99. The van der Waals surface area contributed by atoms with E-state index in [4.69, 9.17) is 57.6 Å². The maximum absolute atomic E-state index is 8.69. The van der Waals surface area contributed by atoms with Gasteiger partial charge in [-0.2, -0.15) is 0 Å². The molecule has 0 unspecified atom stereocenters. The van der Waals surface area contributed by atoms with Crippen LogP contribution in [0, 0.1) is 11.8 Å². The molecule has 298 valence electrons. The van der Waals surface area contributed by atoms with Gasteiger partial charge in [-0.1, -0.05) is 60.7 Å². The molecule has 0 aliphatic carbocycles. The molecule has 0 aromatic heterocycles. The Kier molecular flexibility index (Phi) is 31.9. The minimum atomic E-state index is 0.0219. The largest absolute Gasteiger partial charge is 0.394 e. The summed E-state index contributed by atoms with van der Waals surface area (Å²) in [4.78, 5) is 0. The lowest BCUT2D eigenvalue weighted by Crippen LogP contribution is -2.26.